The van der Waals surface area contributed by atoms with Crippen LogP contribution in [-0.4, -0.2) is 35.8 Å². The van der Waals surface area contributed by atoms with E-state index < -0.39 is 6.10 Å². The molecule has 0 aliphatic carbocycles. The number of aliphatic hydroxyl groups excluding tert-OH is 1. The Morgan fingerprint density at radius 2 is 2.50 bits per heavy atom. The van der Waals surface area contributed by atoms with Crippen molar-refractivity contribution in [1.82, 2.24) is 10.3 Å². The third-order valence-electron chi connectivity index (χ3n) is 1.90. The molecule has 1 amide bonds. The zero-order valence-corrected chi connectivity index (χ0v) is 10.2. The first-order chi connectivity index (χ1) is 7.63. The number of amides is 1. The Balaban J connectivity index is 2.40. The van der Waals surface area contributed by atoms with Crippen molar-refractivity contribution in [2.24, 2.45) is 0 Å². The third-order valence-corrected chi connectivity index (χ3v) is 2.72. The zero-order chi connectivity index (χ0) is 12.0. The van der Waals surface area contributed by atoms with Crippen molar-refractivity contribution in [3.05, 3.63) is 16.1 Å². The van der Waals surface area contributed by atoms with Gasteiger partial charge in [-0.1, -0.05) is 0 Å². The highest BCUT2D eigenvalue weighted by Gasteiger charge is 2.10. The highest BCUT2D eigenvalue weighted by molar-refractivity contribution is 7.09. The van der Waals surface area contributed by atoms with Crippen LogP contribution in [0.4, 0.5) is 0 Å². The molecule has 1 aromatic rings. The number of hydrogen-bond donors (Lipinski definition) is 2. The molecule has 0 saturated carbocycles. The van der Waals surface area contributed by atoms with Crippen LogP contribution in [0.3, 0.4) is 0 Å². The van der Waals surface area contributed by atoms with Gasteiger partial charge in [-0.05, 0) is 13.3 Å². The molecule has 16 heavy (non-hydrogen) atoms. The van der Waals surface area contributed by atoms with Gasteiger partial charge in [-0.3, -0.25) is 4.79 Å². The zero-order valence-electron chi connectivity index (χ0n) is 9.40. The van der Waals surface area contributed by atoms with E-state index in [2.05, 4.69) is 10.3 Å². The lowest BCUT2D eigenvalue weighted by molar-refractivity contribution is 0.0940. The second-order valence-corrected chi connectivity index (χ2v) is 4.40. The number of carbonyl (C=O) groups excluding carboxylic acids is 1. The molecule has 0 fully saturated rings. The molecule has 1 unspecified atom stereocenters. The minimum Gasteiger partial charge on any atom is -0.393 e. The van der Waals surface area contributed by atoms with Gasteiger partial charge in [0.2, 0.25) is 0 Å². The molecule has 0 aliphatic rings. The smallest absolute Gasteiger partial charge is 0.270 e. The minimum atomic E-state index is -0.403. The van der Waals surface area contributed by atoms with Gasteiger partial charge in [0.25, 0.3) is 5.91 Å². The molecule has 2 N–H and O–H groups in total. The fourth-order valence-electron chi connectivity index (χ4n) is 1.09. The Morgan fingerprint density at radius 3 is 3.12 bits per heavy atom. The van der Waals surface area contributed by atoms with E-state index in [4.69, 9.17) is 9.84 Å². The monoisotopic (exact) mass is 244 g/mol. The Morgan fingerprint density at radius 1 is 1.75 bits per heavy atom. The second-order valence-electron chi connectivity index (χ2n) is 3.45. The van der Waals surface area contributed by atoms with Crippen LogP contribution in [0.5, 0.6) is 0 Å². The fourth-order valence-corrected chi connectivity index (χ4v) is 1.83. The molecule has 0 aliphatic heterocycles. The quantitative estimate of drug-likeness (QED) is 0.776. The minimum absolute atomic E-state index is 0.209. The SMILES string of the molecule is COCc1nc(C(=O)NCCC(C)O)cs1. The number of ether oxygens (including phenoxy) is 1. The number of carbonyl (C=O) groups is 1. The van der Waals surface area contributed by atoms with Crippen molar-refractivity contribution in [3.8, 4) is 0 Å². The normalized spacial score (nSPS) is 12.4. The van der Waals surface area contributed by atoms with Gasteiger partial charge in [0, 0.05) is 19.0 Å². The van der Waals surface area contributed by atoms with Crippen LogP contribution in [0.15, 0.2) is 5.38 Å². The number of hydrogen-bond acceptors (Lipinski definition) is 5. The predicted molar refractivity (Wildman–Crippen MR) is 61.5 cm³/mol. The molecular weight excluding hydrogens is 228 g/mol. The van der Waals surface area contributed by atoms with Crippen LogP contribution < -0.4 is 5.32 Å². The van der Waals surface area contributed by atoms with Crippen LogP contribution in [0.25, 0.3) is 0 Å². The summed E-state index contributed by atoms with van der Waals surface area (Å²) in [7, 11) is 1.59. The maximum atomic E-state index is 11.6. The van der Waals surface area contributed by atoms with Crippen molar-refractivity contribution >= 4 is 17.2 Å². The van der Waals surface area contributed by atoms with Crippen molar-refractivity contribution in [2.75, 3.05) is 13.7 Å². The first-order valence-corrected chi connectivity index (χ1v) is 5.91. The van der Waals surface area contributed by atoms with Crippen LogP contribution in [0, 0.1) is 0 Å². The molecule has 0 saturated heterocycles. The summed E-state index contributed by atoms with van der Waals surface area (Å²) in [6.07, 6.45) is 0.139. The van der Waals surface area contributed by atoms with Gasteiger partial charge in [0.1, 0.15) is 10.7 Å². The molecule has 0 bridgehead atoms. The van der Waals surface area contributed by atoms with Gasteiger partial charge in [-0.2, -0.15) is 0 Å². The van der Waals surface area contributed by atoms with Crippen LogP contribution >= 0.6 is 11.3 Å². The molecule has 5 nitrogen and oxygen atoms in total. The summed E-state index contributed by atoms with van der Waals surface area (Å²) in [5.41, 5.74) is 0.405. The van der Waals surface area contributed by atoms with E-state index in [0.29, 0.717) is 25.3 Å². The summed E-state index contributed by atoms with van der Waals surface area (Å²) in [5.74, 6) is -0.209. The highest BCUT2D eigenvalue weighted by Crippen LogP contribution is 2.10. The van der Waals surface area contributed by atoms with Crippen molar-refractivity contribution in [3.63, 3.8) is 0 Å². The summed E-state index contributed by atoms with van der Waals surface area (Å²) in [6, 6.07) is 0. The Labute approximate surface area is 98.5 Å². The van der Waals surface area contributed by atoms with Gasteiger partial charge in [0.05, 0.1) is 12.7 Å². The Bertz CT molecular complexity index is 339. The molecule has 1 heterocycles. The van der Waals surface area contributed by atoms with Crippen molar-refractivity contribution in [1.29, 1.82) is 0 Å². The van der Waals surface area contributed by atoms with Crippen LogP contribution in [0.1, 0.15) is 28.8 Å². The number of methoxy groups -OCH3 is 1. The molecule has 90 valence electrons. The molecule has 0 aromatic carbocycles. The molecule has 1 atom stereocenters. The highest BCUT2D eigenvalue weighted by atomic mass is 32.1. The lowest BCUT2D eigenvalue weighted by Gasteiger charge is -2.04. The maximum absolute atomic E-state index is 11.6. The summed E-state index contributed by atoms with van der Waals surface area (Å²) in [5, 5.41) is 14.2. The molecular formula is C10H16N2O3S. The van der Waals surface area contributed by atoms with Gasteiger partial charge in [-0.15, -0.1) is 11.3 Å². The third kappa shape index (κ3) is 4.26. The van der Waals surface area contributed by atoms with E-state index in [-0.39, 0.29) is 5.91 Å². The molecule has 0 spiro atoms. The molecule has 1 rings (SSSR count). The summed E-state index contributed by atoms with van der Waals surface area (Å²) in [4.78, 5) is 15.7. The number of rotatable bonds is 6. The fraction of sp³-hybridized carbons (Fsp3) is 0.600. The van der Waals surface area contributed by atoms with Gasteiger partial charge in [0.15, 0.2) is 0 Å². The molecule has 1 aromatic heterocycles. The number of aliphatic hydroxyl groups is 1. The Kier molecular flexibility index (Phi) is 5.37. The average Bonchev–Trinajstić information content (AvgIpc) is 2.66. The van der Waals surface area contributed by atoms with E-state index in [1.165, 1.54) is 11.3 Å². The standard InChI is InChI=1S/C10H16N2O3S/c1-7(13)3-4-11-10(14)8-6-16-9(12-8)5-15-2/h6-7,13H,3-5H2,1-2H3,(H,11,14). The number of nitrogens with one attached hydrogen (secondary N) is 1. The summed E-state index contributed by atoms with van der Waals surface area (Å²) in [6.45, 7) is 2.56. The predicted octanol–water partition coefficient (Wildman–Crippen LogP) is 0.790. The number of aromatic nitrogens is 1. The number of nitrogens with zero attached hydrogens (tertiary/aromatic N) is 1. The van der Waals surface area contributed by atoms with Crippen LogP contribution in [-0.2, 0) is 11.3 Å². The lowest BCUT2D eigenvalue weighted by atomic mass is 10.3. The topological polar surface area (TPSA) is 71.5 Å². The average molecular weight is 244 g/mol. The second kappa shape index (κ2) is 6.57. The van der Waals surface area contributed by atoms with E-state index in [1.807, 2.05) is 0 Å². The Hall–Kier alpha value is -0.980. The van der Waals surface area contributed by atoms with Crippen LogP contribution in [0.2, 0.25) is 0 Å². The van der Waals surface area contributed by atoms with Crippen molar-refractivity contribution < 1.29 is 14.6 Å². The van der Waals surface area contributed by atoms with Crippen molar-refractivity contribution in [2.45, 2.75) is 26.1 Å². The largest absolute Gasteiger partial charge is 0.393 e. The van der Waals surface area contributed by atoms with E-state index in [0.717, 1.165) is 5.01 Å². The van der Waals surface area contributed by atoms with Gasteiger partial charge < -0.3 is 15.2 Å². The first-order valence-electron chi connectivity index (χ1n) is 5.03. The van der Waals surface area contributed by atoms with E-state index >= 15 is 0 Å². The maximum Gasteiger partial charge on any atom is 0.270 e. The van der Waals surface area contributed by atoms with Gasteiger partial charge >= 0.3 is 0 Å². The molecule has 6 heteroatoms. The van der Waals surface area contributed by atoms with Gasteiger partial charge in [-0.25, -0.2) is 4.98 Å². The summed E-state index contributed by atoms with van der Waals surface area (Å²) < 4.78 is 4.92. The first kappa shape index (κ1) is 13.1. The lowest BCUT2D eigenvalue weighted by Crippen LogP contribution is -2.26. The molecule has 0 radical (unpaired) electrons. The summed E-state index contributed by atoms with van der Waals surface area (Å²) >= 11 is 1.40. The number of thiazole rings is 1. The van der Waals surface area contributed by atoms with E-state index in [9.17, 15) is 4.79 Å². The van der Waals surface area contributed by atoms with E-state index in [1.54, 1.807) is 19.4 Å².